The van der Waals surface area contributed by atoms with Crippen LogP contribution in [0.4, 0.5) is 0 Å². The molecule has 5 rings (SSSR count). The summed E-state index contributed by atoms with van der Waals surface area (Å²) < 4.78 is 1.36. The van der Waals surface area contributed by atoms with E-state index >= 15 is 0 Å². The number of hydrogen-bond acceptors (Lipinski definition) is 5. The summed E-state index contributed by atoms with van der Waals surface area (Å²) in [4.78, 5) is 31.3. The summed E-state index contributed by atoms with van der Waals surface area (Å²) in [7, 11) is 0. The van der Waals surface area contributed by atoms with E-state index in [0.717, 1.165) is 5.56 Å². The highest BCUT2D eigenvalue weighted by molar-refractivity contribution is 8.00. The van der Waals surface area contributed by atoms with Gasteiger partial charge in [-0.25, -0.2) is 9.99 Å². The maximum Gasteiger partial charge on any atom is 0.280 e. The maximum absolute atomic E-state index is 13.6. The Morgan fingerprint density at radius 3 is 2.40 bits per heavy atom. The van der Waals surface area contributed by atoms with Crippen LogP contribution < -0.4 is 10.6 Å². The van der Waals surface area contributed by atoms with Crippen molar-refractivity contribution in [2.24, 2.45) is 0 Å². The van der Waals surface area contributed by atoms with Crippen molar-refractivity contribution in [3.63, 3.8) is 0 Å². The molecule has 1 fully saturated rings. The molecule has 0 spiro atoms. The lowest BCUT2D eigenvalue weighted by molar-refractivity contribution is -0.117. The van der Waals surface area contributed by atoms with E-state index in [0.29, 0.717) is 22.3 Å². The van der Waals surface area contributed by atoms with Crippen LogP contribution in [0.2, 0.25) is 0 Å². The Hall–Kier alpha value is -3.58. The summed E-state index contributed by atoms with van der Waals surface area (Å²) in [5.74, 6) is 0.449. The number of aromatic hydroxyl groups is 1. The van der Waals surface area contributed by atoms with Gasteiger partial charge in [-0.15, -0.1) is 11.8 Å². The van der Waals surface area contributed by atoms with Crippen LogP contribution in [0.25, 0.3) is 22.3 Å². The molecule has 1 amide bonds. The second-order valence-electron chi connectivity index (χ2n) is 6.90. The first-order valence-corrected chi connectivity index (χ1v) is 10.5. The zero-order valence-corrected chi connectivity index (χ0v) is 16.6. The molecule has 1 aromatic heterocycles. The molecular weight excluding hydrogens is 398 g/mol. The quantitative estimate of drug-likeness (QED) is 0.553. The molecular formula is C23H17N3O3S. The predicted molar refractivity (Wildman–Crippen MR) is 118 cm³/mol. The lowest BCUT2D eigenvalue weighted by Crippen LogP contribution is -2.46. The number of carbonyl (C=O) groups excluding carboxylic acids is 1. The molecule has 0 bridgehead atoms. The van der Waals surface area contributed by atoms with Gasteiger partial charge in [-0.1, -0.05) is 60.7 Å². The highest BCUT2D eigenvalue weighted by Crippen LogP contribution is 2.41. The molecule has 0 aliphatic carbocycles. The molecule has 0 saturated carbocycles. The highest BCUT2D eigenvalue weighted by Gasteiger charge is 2.38. The van der Waals surface area contributed by atoms with Crippen LogP contribution in [0.15, 0.2) is 83.7 Å². The Bertz CT molecular complexity index is 1320. The van der Waals surface area contributed by atoms with Gasteiger partial charge in [-0.3, -0.25) is 9.59 Å². The third-order valence-corrected chi connectivity index (χ3v) is 6.23. The fourth-order valence-electron chi connectivity index (χ4n) is 3.65. The summed E-state index contributed by atoms with van der Waals surface area (Å²) in [5, 5.41) is 11.7. The number of fused-ring (bicyclic) bond motifs is 1. The monoisotopic (exact) mass is 415 g/mol. The average molecular weight is 415 g/mol. The van der Waals surface area contributed by atoms with Crippen LogP contribution in [0.5, 0.6) is 5.75 Å². The number of aromatic nitrogens is 2. The van der Waals surface area contributed by atoms with Crippen LogP contribution in [-0.2, 0) is 4.79 Å². The van der Waals surface area contributed by atoms with Crippen LogP contribution in [0, 0.1) is 0 Å². The molecule has 0 radical (unpaired) electrons. The molecule has 1 aliphatic heterocycles. The molecule has 1 N–H and O–H groups in total. The van der Waals surface area contributed by atoms with Crippen molar-refractivity contribution < 1.29 is 9.90 Å². The van der Waals surface area contributed by atoms with Gasteiger partial charge >= 0.3 is 0 Å². The highest BCUT2D eigenvalue weighted by atomic mass is 32.2. The van der Waals surface area contributed by atoms with E-state index in [-0.39, 0.29) is 23.0 Å². The summed E-state index contributed by atoms with van der Waals surface area (Å²) >= 11 is 1.37. The zero-order valence-electron chi connectivity index (χ0n) is 15.8. The lowest BCUT2D eigenvalue weighted by atomic mass is 10.1. The Balaban J connectivity index is 1.80. The number of rotatable bonds is 3. The summed E-state index contributed by atoms with van der Waals surface area (Å²) in [5.41, 5.74) is 1.54. The van der Waals surface area contributed by atoms with Crippen LogP contribution in [0.1, 0.15) is 10.9 Å². The van der Waals surface area contributed by atoms with E-state index in [2.05, 4.69) is 0 Å². The Kier molecular flexibility index (Phi) is 4.52. The largest absolute Gasteiger partial charge is 0.508 e. The zero-order chi connectivity index (χ0) is 20.7. The Morgan fingerprint density at radius 1 is 0.900 bits per heavy atom. The molecule has 148 valence electrons. The second-order valence-corrected chi connectivity index (χ2v) is 7.96. The van der Waals surface area contributed by atoms with Crippen molar-refractivity contribution in [3.8, 4) is 17.1 Å². The van der Waals surface area contributed by atoms with Crippen molar-refractivity contribution in [2.45, 2.75) is 5.37 Å². The third-order valence-electron chi connectivity index (χ3n) is 5.05. The average Bonchev–Trinajstić information content (AvgIpc) is 3.15. The van der Waals surface area contributed by atoms with Gasteiger partial charge in [0, 0.05) is 11.1 Å². The minimum absolute atomic E-state index is 0.0813. The molecule has 1 aliphatic rings. The molecule has 30 heavy (non-hydrogen) atoms. The molecule has 2 heterocycles. The molecule has 1 atom stereocenters. The number of amides is 1. The standard InChI is InChI=1S/C23H17N3O3S/c27-19-13-7-5-11-17(19)23-25(20(28)14-30-23)26-21(15-8-2-1-3-9-15)24-18-12-6-4-10-16(18)22(26)29/h1-13,23,27H,14H2. The third kappa shape index (κ3) is 2.95. The smallest absolute Gasteiger partial charge is 0.280 e. The predicted octanol–water partition coefficient (Wildman–Crippen LogP) is 3.68. The normalized spacial score (nSPS) is 16.3. The number of phenolic OH excluding ortho intramolecular Hbond substituents is 1. The van der Waals surface area contributed by atoms with Crippen LogP contribution >= 0.6 is 11.8 Å². The van der Waals surface area contributed by atoms with Crippen molar-refractivity contribution >= 4 is 28.6 Å². The van der Waals surface area contributed by atoms with Crippen molar-refractivity contribution in [2.75, 3.05) is 10.8 Å². The Labute approximate surface area is 176 Å². The van der Waals surface area contributed by atoms with Gasteiger partial charge < -0.3 is 5.11 Å². The first kappa shape index (κ1) is 18.4. The molecule has 1 saturated heterocycles. The van der Waals surface area contributed by atoms with E-state index in [4.69, 9.17) is 4.98 Å². The van der Waals surface area contributed by atoms with Gasteiger partial charge in [0.1, 0.15) is 11.1 Å². The molecule has 6 nitrogen and oxygen atoms in total. The summed E-state index contributed by atoms with van der Waals surface area (Å²) in [6.45, 7) is 0. The number of benzene rings is 3. The fourth-order valence-corrected chi connectivity index (χ4v) is 4.81. The molecule has 7 heteroatoms. The SMILES string of the molecule is O=C1CSC(c2ccccc2O)N1n1c(-c2ccccc2)nc2ccccc2c1=O. The molecule has 1 unspecified atom stereocenters. The summed E-state index contributed by atoms with van der Waals surface area (Å²) in [6, 6.07) is 23.3. The number of nitrogens with zero attached hydrogens (tertiary/aromatic N) is 3. The van der Waals surface area contributed by atoms with Gasteiger partial charge in [0.05, 0.1) is 16.7 Å². The van der Waals surface area contributed by atoms with Crippen molar-refractivity contribution in [1.29, 1.82) is 0 Å². The number of carbonyl (C=O) groups is 1. The topological polar surface area (TPSA) is 75.4 Å². The van der Waals surface area contributed by atoms with E-state index < -0.39 is 5.37 Å². The maximum atomic E-state index is 13.6. The van der Waals surface area contributed by atoms with E-state index in [1.54, 1.807) is 42.5 Å². The summed E-state index contributed by atoms with van der Waals surface area (Å²) in [6.07, 6.45) is 0. The van der Waals surface area contributed by atoms with Crippen LogP contribution in [0.3, 0.4) is 0 Å². The van der Waals surface area contributed by atoms with Gasteiger partial charge in [-0.05, 0) is 18.2 Å². The van der Waals surface area contributed by atoms with Gasteiger partial charge in [0.15, 0.2) is 5.82 Å². The molecule has 3 aromatic carbocycles. The van der Waals surface area contributed by atoms with E-state index in [1.807, 2.05) is 36.4 Å². The lowest BCUT2D eigenvalue weighted by Gasteiger charge is -2.28. The first-order chi connectivity index (χ1) is 14.6. The van der Waals surface area contributed by atoms with E-state index in [1.165, 1.54) is 21.4 Å². The van der Waals surface area contributed by atoms with Crippen molar-refractivity contribution in [1.82, 2.24) is 9.66 Å². The first-order valence-electron chi connectivity index (χ1n) is 9.44. The van der Waals surface area contributed by atoms with Gasteiger partial charge in [0.2, 0.25) is 0 Å². The van der Waals surface area contributed by atoms with E-state index in [9.17, 15) is 14.7 Å². The van der Waals surface area contributed by atoms with Crippen molar-refractivity contribution in [3.05, 3.63) is 94.8 Å². The fraction of sp³-hybridized carbons (Fsp3) is 0.0870. The number of thioether (sulfide) groups is 1. The Morgan fingerprint density at radius 2 is 1.60 bits per heavy atom. The number of hydrogen-bond donors (Lipinski definition) is 1. The molecule has 4 aromatic rings. The van der Waals surface area contributed by atoms with Gasteiger partial charge in [-0.2, -0.15) is 4.68 Å². The number of phenols is 1. The minimum atomic E-state index is -0.540. The second kappa shape index (κ2) is 7.35. The number of para-hydroxylation sites is 2. The minimum Gasteiger partial charge on any atom is -0.508 e. The van der Waals surface area contributed by atoms with Crippen LogP contribution in [-0.4, -0.2) is 26.4 Å². The van der Waals surface area contributed by atoms with Gasteiger partial charge in [0.25, 0.3) is 11.5 Å².